The molecule has 0 aromatic heterocycles. The molecule has 0 aromatic rings. The molecule has 5 nitrogen and oxygen atoms in total. The Bertz CT molecular complexity index is 434. The van der Waals surface area contributed by atoms with Crippen LogP contribution in [0, 0.1) is 11.8 Å². The van der Waals surface area contributed by atoms with Crippen molar-refractivity contribution in [1.82, 2.24) is 10.2 Å². The fourth-order valence-corrected chi connectivity index (χ4v) is 4.47. The van der Waals surface area contributed by atoms with Crippen molar-refractivity contribution in [3.63, 3.8) is 0 Å². The smallest absolute Gasteiger partial charge is 0.225 e. The first-order chi connectivity index (χ1) is 11.1. The van der Waals surface area contributed by atoms with Gasteiger partial charge >= 0.3 is 0 Å². The van der Waals surface area contributed by atoms with Gasteiger partial charge in [0.15, 0.2) is 0 Å². The van der Waals surface area contributed by atoms with Crippen LogP contribution in [0.15, 0.2) is 0 Å². The van der Waals surface area contributed by atoms with Crippen LogP contribution in [0.5, 0.6) is 0 Å². The van der Waals surface area contributed by atoms with Gasteiger partial charge in [0.2, 0.25) is 11.8 Å². The minimum absolute atomic E-state index is 0.0712. The molecule has 0 spiro atoms. The van der Waals surface area contributed by atoms with E-state index in [1.807, 2.05) is 4.90 Å². The van der Waals surface area contributed by atoms with Crippen LogP contribution in [0.3, 0.4) is 0 Å². The van der Waals surface area contributed by atoms with Gasteiger partial charge in [0.25, 0.3) is 0 Å². The summed E-state index contributed by atoms with van der Waals surface area (Å²) < 4.78 is 0. The van der Waals surface area contributed by atoms with Crippen LogP contribution in [0.4, 0.5) is 0 Å². The van der Waals surface area contributed by atoms with Gasteiger partial charge < -0.3 is 16.0 Å². The van der Waals surface area contributed by atoms with Gasteiger partial charge in [-0.1, -0.05) is 25.7 Å². The Morgan fingerprint density at radius 2 is 1.65 bits per heavy atom. The van der Waals surface area contributed by atoms with E-state index in [-0.39, 0.29) is 29.8 Å². The fourth-order valence-electron chi connectivity index (χ4n) is 4.47. The SMILES string of the molecule is NC1CCCC(C(=O)NC2CCN(C(=O)C3CCCCC3)C2)C1. The van der Waals surface area contributed by atoms with Crippen molar-refractivity contribution in [2.24, 2.45) is 17.6 Å². The Labute approximate surface area is 139 Å². The monoisotopic (exact) mass is 321 g/mol. The lowest BCUT2D eigenvalue weighted by molar-refractivity contribution is -0.136. The van der Waals surface area contributed by atoms with Gasteiger partial charge in [-0.05, 0) is 38.5 Å². The fraction of sp³-hybridized carbons (Fsp3) is 0.889. The minimum Gasteiger partial charge on any atom is -0.351 e. The van der Waals surface area contributed by atoms with E-state index >= 15 is 0 Å². The van der Waals surface area contributed by atoms with Gasteiger partial charge in [-0.2, -0.15) is 0 Å². The summed E-state index contributed by atoms with van der Waals surface area (Å²) in [5.41, 5.74) is 5.98. The van der Waals surface area contributed by atoms with Crippen molar-refractivity contribution < 1.29 is 9.59 Å². The molecule has 2 aliphatic carbocycles. The highest BCUT2D eigenvalue weighted by Crippen LogP contribution is 2.27. The average Bonchev–Trinajstić information content (AvgIpc) is 3.03. The Kier molecular flexibility index (Phi) is 5.57. The van der Waals surface area contributed by atoms with Gasteiger partial charge in [-0.3, -0.25) is 9.59 Å². The summed E-state index contributed by atoms with van der Waals surface area (Å²) in [5, 5.41) is 3.17. The Morgan fingerprint density at radius 3 is 2.39 bits per heavy atom. The second-order valence-electron chi connectivity index (χ2n) is 7.74. The highest BCUT2D eigenvalue weighted by molar-refractivity contribution is 5.81. The summed E-state index contributed by atoms with van der Waals surface area (Å²) in [6.45, 7) is 1.49. The number of hydrogen-bond acceptors (Lipinski definition) is 3. The minimum atomic E-state index is 0.0712. The van der Waals surface area contributed by atoms with Gasteiger partial charge in [-0.25, -0.2) is 0 Å². The second kappa shape index (κ2) is 7.65. The van der Waals surface area contributed by atoms with E-state index in [2.05, 4.69) is 5.32 Å². The number of likely N-dealkylation sites (tertiary alicyclic amines) is 1. The number of hydrogen-bond donors (Lipinski definition) is 2. The number of nitrogens with two attached hydrogens (primary N) is 1. The number of nitrogens with zero attached hydrogens (tertiary/aromatic N) is 1. The van der Waals surface area contributed by atoms with Crippen LogP contribution < -0.4 is 11.1 Å². The summed E-state index contributed by atoms with van der Waals surface area (Å²) in [6.07, 6.45) is 10.5. The molecule has 5 heteroatoms. The number of carbonyl (C=O) groups is 2. The summed E-state index contributed by atoms with van der Waals surface area (Å²) in [4.78, 5) is 27.0. The molecule has 0 aromatic carbocycles. The van der Waals surface area contributed by atoms with Gasteiger partial charge in [0.05, 0.1) is 0 Å². The molecule has 1 aliphatic heterocycles. The lowest BCUT2D eigenvalue weighted by Crippen LogP contribution is -2.44. The summed E-state index contributed by atoms with van der Waals surface area (Å²) in [6, 6.07) is 0.306. The first-order valence-corrected chi connectivity index (χ1v) is 9.48. The largest absolute Gasteiger partial charge is 0.351 e. The maximum absolute atomic E-state index is 12.6. The van der Waals surface area contributed by atoms with Crippen LogP contribution in [0.1, 0.15) is 64.2 Å². The molecule has 2 saturated carbocycles. The molecular weight excluding hydrogens is 290 g/mol. The van der Waals surface area contributed by atoms with E-state index < -0.39 is 0 Å². The first kappa shape index (κ1) is 16.7. The zero-order valence-corrected chi connectivity index (χ0v) is 14.1. The Balaban J connectivity index is 1.45. The third kappa shape index (κ3) is 4.25. The molecule has 3 N–H and O–H groups in total. The maximum atomic E-state index is 12.6. The number of amides is 2. The summed E-state index contributed by atoms with van der Waals surface area (Å²) >= 11 is 0. The van der Waals surface area contributed by atoms with Gasteiger partial charge in [0, 0.05) is 37.0 Å². The van der Waals surface area contributed by atoms with Crippen molar-refractivity contribution >= 4 is 11.8 Å². The highest BCUT2D eigenvalue weighted by Gasteiger charge is 2.33. The van der Waals surface area contributed by atoms with Crippen molar-refractivity contribution in [1.29, 1.82) is 0 Å². The van der Waals surface area contributed by atoms with Crippen molar-refractivity contribution in [3.8, 4) is 0 Å². The highest BCUT2D eigenvalue weighted by atomic mass is 16.2. The number of nitrogens with one attached hydrogen (secondary N) is 1. The van der Waals surface area contributed by atoms with Crippen molar-refractivity contribution in [2.75, 3.05) is 13.1 Å². The lowest BCUT2D eigenvalue weighted by atomic mass is 9.85. The molecule has 0 bridgehead atoms. The van der Waals surface area contributed by atoms with E-state index in [1.54, 1.807) is 0 Å². The van der Waals surface area contributed by atoms with Crippen molar-refractivity contribution in [3.05, 3.63) is 0 Å². The van der Waals surface area contributed by atoms with Crippen LogP contribution in [-0.2, 0) is 9.59 Å². The molecule has 3 rings (SSSR count). The summed E-state index contributed by atoms with van der Waals surface area (Å²) in [5.74, 6) is 0.773. The zero-order valence-electron chi connectivity index (χ0n) is 14.1. The van der Waals surface area contributed by atoms with E-state index in [1.165, 1.54) is 19.3 Å². The molecule has 3 fully saturated rings. The topological polar surface area (TPSA) is 75.4 Å². The Morgan fingerprint density at radius 1 is 0.913 bits per heavy atom. The third-order valence-electron chi connectivity index (χ3n) is 5.89. The number of rotatable bonds is 3. The molecule has 2 amide bonds. The number of carbonyl (C=O) groups excluding carboxylic acids is 2. The Hall–Kier alpha value is -1.10. The van der Waals surface area contributed by atoms with Gasteiger partial charge in [-0.15, -0.1) is 0 Å². The second-order valence-corrected chi connectivity index (χ2v) is 7.74. The average molecular weight is 321 g/mol. The van der Waals surface area contributed by atoms with Gasteiger partial charge in [0.1, 0.15) is 0 Å². The standard InChI is InChI=1S/C18H31N3O2/c19-15-8-4-7-14(11-15)17(22)20-16-9-10-21(12-16)18(23)13-5-2-1-3-6-13/h13-16H,1-12,19H2,(H,20,22). The molecule has 3 aliphatic rings. The van der Waals surface area contributed by atoms with Crippen LogP contribution in [-0.4, -0.2) is 41.9 Å². The molecule has 3 unspecified atom stereocenters. The summed E-state index contributed by atoms with van der Waals surface area (Å²) in [7, 11) is 0. The van der Waals surface area contributed by atoms with Crippen LogP contribution in [0.2, 0.25) is 0 Å². The molecule has 23 heavy (non-hydrogen) atoms. The van der Waals surface area contributed by atoms with Crippen LogP contribution in [0.25, 0.3) is 0 Å². The molecule has 1 heterocycles. The molecular formula is C18H31N3O2. The predicted octanol–water partition coefficient (Wildman–Crippen LogP) is 1.80. The lowest BCUT2D eigenvalue weighted by Gasteiger charge is -2.28. The quantitative estimate of drug-likeness (QED) is 0.832. The normalized spacial score (nSPS) is 32.7. The third-order valence-corrected chi connectivity index (χ3v) is 5.89. The zero-order chi connectivity index (χ0) is 16.2. The predicted molar refractivity (Wildman–Crippen MR) is 89.6 cm³/mol. The maximum Gasteiger partial charge on any atom is 0.225 e. The molecule has 1 saturated heterocycles. The molecule has 0 radical (unpaired) electrons. The van der Waals surface area contributed by atoms with E-state index in [4.69, 9.17) is 5.73 Å². The molecule has 3 atom stereocenters. The van der Waals surface area contributed by atoms with Crippen molar-refractivity contribution in [2.45, 2.75) is 76.3 Å². The molecule has 130 valence electrons. The van der Waals surface area contributed by atoms with E-state index in [0.29, 0.717) is 12.5 Å². The first-order valence-electron chi connectivity index (χ1n) is 9.48. The van der Waals surface area contributed by atoms with E-state index in [0.717, 1.165) is 51.5 Å². The van der Waals surface area contributed by atoms with Crippen LogP contribution >= 0.6 is 0 Å². The van der Waals surface area contributed by atoms with E-state index in [9.17, 15) is 9.59 Å².